The van der Waals surface area contributed by atoms with Gasteiger partial charge in [0.25, 0.3) is 0 Å². The highest BCUT2D eigenvalue weighted by atomic mass is 32.1. The Bertz CT molecular complexity index is 1330. The summed E-state index contributed by atoms with van der Waals surface area (Å²) in [5, 5.41) is 2.01. The van der Waals surface area contributed by atoms with Gasteiger partial charge in [0.15, 0.2) is 5.78 Å². The van der Waals surface area contributed by atoms with Crippen LogP contribution in [0, 0.1) is 0 Å². The van der Waals surface area contributed by atoms with Gasteiger partial charge in [0, 0.05) is 21.6 Å². The number of carbonyl (C=O) groups excluding carboxylic acids is 1. The van der Waals surface area contributed by atoms with E-state index in [2.05, 4.69) is 0 Å². The smallest absolute Gasteiger partial charge is 0.197 e. The maximum atomic E-state index is 13.8. The van der Waals surface area contributed by atoms with Crippen molar-refractivity contribution >= 4 is 17.1 Å². The van der Waals surface area contributed by atoms with Crippen molar-refractivity contribution in [2.75, 3.05) is 7.11 Å². The second-order valence-corrected chi connectivity index (χ2v) is 8.22. The summed E-state index contributed by atoms with van der Waals surface area (Å²) in [5.41, 5.74) is 3.78. The van der Waals surface area contributed by atoms with Crippen LogP contribution in [0.2, 0.25) is 0 Å². The number of furan rings is 1. The van der Waals surface area contributed by atoms with E-state index in [9.17, 15) is 4.79 Å². The Labute approximate surface area is 190 Å². The molecule has 0 atom stereocenters. The number of methoxy groups -OCH3 is 1. The molecule has 0 saturated carbocycles. The quantitative estimate of drug-likeness (QED) is 0.258. The fourth-order valence-electron chi connectivity index (χ4n) is 3.78. The normalized spacial score (nSPS) is 10.8. The minimum absolute atomic E-state index is 0.0589. The molecule has 5 aromatic rings. The van der Waals surface area contributed by atoms with E-state index < -0.39 is 0 Å². The number of ether oxygens (including phenoxy) is 1. The topological polar surface area (TPSA) is 39.4 Å². The molecule has 0 aliphatic rings. The van der Waals surface area contributed by atoms with Gasteiger partial charge in [-0.1, -0.05) is 66.7 Å². The SMILES string of the molecule is COc1ccc(-c2oc(-c3ccccc3)c(C(=O)c3ccccc3)c2-c2cccs2)cc1. The Balaban J connectivity index is 1.81. The Hall–Kier alpha value is -3.89. The summed E-state index contributed by atoms with van der Waals surface area (Å²) >= 11 is 1.59. The van der Waals surface area contributed by atoms with Gasteiger partial charge in [-0.25, -0.2) is 0 Å². The number of thiophene rings is 1. The number of hydrogen-bond donors (Lipinski definition) is 0. The fourth-order valence-corrected chi connectivity index (χ4v) is 4.55. The Morgan fingerprint density at radius 1 is 0.750 bits per heavy atom. The molecule has 3 aromatic carbocycles. The van der Waals surface area contributed by atoms with E-state index in [-0.39, 0.29) is 5.78 Å². The van der Waals surface area contributed by atoms with Crippen LogP contribution in [0.3, 0.4) is 0 Å². The van der Waals surface area contributed by atoms with Crippen LogP contribution in [0.4, 0.5) is 0 Å². The van der Waals surface area contributed by atoms with Gasteiger partial charge in [-0.3, -0.25) is 4.79 Å². The molecule has 0 aliphatic heterocycles. The van der Waals surface area contributed by atoms with Crippen LogP contribution < -0.4 is 4.74 Å². The molecule has 0 N–H and O–H groups in total. The van der Waals surface area contributed by atoms with E-state index in [1.165, 1.54) is 0 Å². The molecule has 2 aromatic heterocycles. The van der Waals surface area contributed by atoms with E-state index >= 15 is 0 Å². The number of benzene rings is 3. The van der Waals surface area contributed by atoms with Crippen LogP contribution in [-0.2, 0) is 0 Å². The summed E-state index contributed by atoms with van der Waals surface area (Å²) in [7, 11) is 1.64. The van der Waals surface area contributed by atoms with E-state index in [1.807, 2.05) is 102 Å². The second-order valence-electron chi connectivity index (χ2n) is 7.28. The molecule has 0 aliphatic carbocycles. The largest absolute Gasteiger partial charge is 0.497 e. The first-order chi connectivity index (χ1) is 15.8. The fraction of sp³-hybridized carbons (Fsp3) is 0.0357. The highest BCUT2D eigenvalue weighted by Crippen LogP contribution is 2.45. The molecule has 3 nitrogen and oxygen atoms in total. The van der Waals surface area contributed by atoms with Gasteiger partial charge in [0.2, 0.25) is 0 Å². The van der Waals surface area contributed by atoms with Crippen molar-refractivity contribution in [2.24, 2.45) is 0 Å². The lowest BCUT2D eigenvalue weighted by atomic mass is 9.94. The second kappa shape index (κ2) is 8.69. The summed E-state index contributed by atoms with van der Waals surface area (Å²) in [4.78, 5) is 14.8. The Morgan fingerprint density at radius 2 is 1.41 bits per heavy atom. The predicted octanol–water partition coefficient (Wildman–Crippen LogP) is 7.58. The van der Waals surface area contributed by atoms with Gasteiger partial charge in [-0.2, -0.15) is 0 Å². The zero-order valence-electron chi connectivity index (χ0n) is 17.4. The number of hydrogen-bond acceptors (Lipinski definition) is 4. The first-order valence-electron chi connectivity index (χ1n) is 10.3. The summed E-state index contributed by atoms with van der Waals surface area (Å²) in [6.07, 6.45) is 0. The van der Waals surface area contributed by atoms with Gasteiger partial charge in [0.1, 0.15) is 17.3 Å². The molecule has 0 fully saturated rings. The van der Waals surface area contributed by atoms with Gasteiger partial charge in [-0.05, 0) is 35.7 Å². The van der Waals surface area contributed by atoms with Gasteiger partial charge in [0.05, 0.1) is 18.2 Å². The molecule has 2 heterocycles. The maximum absolute atomic E-state index is 13.8. The number of rotatable bonds is 6. The zero-order chi connectivity index (χ0) is 21.9. The van der Waals surface area contributed by atoms with Crippen LogP contribution in [0.5, 0.6) is 5.75 Å². The van der Waals surface area contributed by atoms with E-state index in [4.69, 9.17) is 9.15 Å². The first kappa shape index (κ1) is 20.0. The van der Waals surface area contributed by atoms with Crippen molar-refractivity contribution in [3.8, 4) is 38.8 Å². The molecule has 0 saturated heterocycles. The molecule has 0 radical (unpaired) electrons. The molecule has 5 rings (SSSR count). The zero-order valence-corrected chi connectivity index (χ0v) is 18.3. The van der Waals surface area contributed by atoms with E-state index in [0.717, 1.165) is 27.3 Å². The average molecular weight is 437 g/mol. The maximum Gasteiger partial charge on any atom is 0.197 e. The molecule has 0 amide bonds. The van der Waals surface area contributed by atoms with Crippen molar-refractivity contribution in [3.63, 3.8) is 0 Å². The summed E-state index contributed by atoms with van der Waals surface area (Å²) in [6.45, 7) is 0. The van der Waals surface area contributed by atoms with Gasteiger partial charge in [-0.15, -0.1) is 11.3 Å². The standard InChI is InChI=1S/C28H20O3S/c1-30-22-16-14-21(15-17-22)27-24(23-13-8-18-32-23)25(26(29)19-9-4-2-5-10-19)28(31-27)20-11-6-3-7-12-20/h2-18H,1H3. The lowest BCUT2D eigenvalue weighted by Crippen LogP contribution is -2.03. The van der Waals surface area contributed by atoms with Crippen LogP contribution in [0.15, 0.2) is 107 Å². The van der Waals surface area contributed by atoms with Crippen molar-refractivity contribution in [1.82, 2.24) is 0 Å². The highest BCUT2D eigenvalue weighted by Gasteiger charge is 2.29. The summed E-state index contributed by atoms with van der Waals surface area (Å²) in [5.74, 6) is 1.96. The lowest BCUT2D eigenvalue weighted by Gasteiger charge is -2.06. The molecule has 0 bridgehead atoms. The van der Waals surface area contributed by atoms with Crippen molar-refractivity contribution in [3.05, 3.63) is 114 Å². The predicted molar refractivity (Wildman–Crippen MR) is 129 cm³/mol. The van der Waals surface area contributed by atoms with Gasteiger partial charge < -0.3 is 9.15 Å². The lowest BCUT2D eigenvalue weighted by molar-refractivity contribution is 0.103. The third-order valence-corrected chi connectivity index (χ3v) is 6.21. The van der Waals surface area contributed by atoms with Crippen molar-refractivity contribution in [1.29, 1.82) is 0 Å². The number of carbonyl (C=O) groups is 1. The highest BCUT2D eigenvalue weighted by molar-refractivity contribution is 7.13. The molecular formula is C28H20O3S. The Kier molecular flexibility index (Phi) is 5.44. The van der Waals surface area contributed by atoms with E-state index in [0.29, 0.717) is 22.6 Å². The van der Waals surface area contributed by atoms with Crippen LogP contribution >= 0.6 is 11.3 Å². The van der Waals surface area contributed by atoms with Gasteiger partial charge >= 0.3 is 0 Å². The summed E-state index contributed by atoms with van der Waals surface area (Å²) < 4.78 is 11.8. The molecule has 32 heavy (non-hydrogen) atoms. The third kappa shape index (κ3) is 3.66. The van der Waals surface area contributed by atoms with Crippen molar-refractivity contribution in [2.45, 2.75) is 0 Å². The number of ketones is 1. The first-order valence-corrected chi connectivity index (χ1v) is 11.1. The molecule has 0 spiro atoms. The summed E-state index contributed by atoms with van der Waals surface area (Å²) in [6, 6.07) is 30.9. The van der Waals surface area contributed by atoms with Crippen LogP contribution in [0.1, 0.15) is 15.9 Å². The van der Waals surface area contributed by atoms with Crippen LogP contribution in [-0.4, -0.2) is 12.9 Å². The molecule has 0 unspecified atom stereocenters. The monoisotopic (exact) mass is 436 g/mol. The van der Waals surface area contributed by atoms with E-state index in [1.54, 1.807) is 18.4 Å². The molecule has 156 valence electrons. The third-order valence-electron chi connectivity index (χ3n) is 5.33. The molecular weight excluding hydrogens is 416 g/mol. The minimum Gasteiger partial charge on any atom is -0.497 e. The Morgan fingerprint density at radius 3 is 2.03 bits per heavy atom. The van der Waals surface area contributed by atoms with Crippen LogP contribution in [0.25, 0.3) is 33.1 Å². The van der Waals surface area contributed by atoms with Crippen molar-refractivity contribution < 1.29 is 13.9 Å². The minimum atomic E-state index is -0.0589. The average Bonchev–Trinajstić information content (AvgIpc) is 3.53. The molecule has 4 heteroatoms.